The molecule has 4 N–H and O–H groups in total. The van der Waals surface area contributed by atoms with Gasteiger partial charge in [0.25, 0.3) is 0 Å². The Labute approximate surface area is 186 Å². The molecule has 2 atom stereocenters. The molecule has 0 fully saturated rings. The second-order valence-corrected chi connectivity index (χ2v) is 9.35. The first-order valence-corrected chi connectivity index (χ1v) is 10.3. The van der Waals surface area contributed by atoms with Crippen molar-refractivity contribution in [3.63, 3.8) is 0 Å². The molecule has 9 heteroatoms. The number of hydrogen-bond acceptors (Lipinski definition) is 4. The molecule has 5 nitrogen and oxygen atoms in total. The number of phenolic OH excluding ortho intramolecular Hbond substituents is 1. The number of nitrogens with one attached hydrogen (secondary N) is 2. The fraction of sp³-hybridized carbons (Fsp3) is 0.348. The highest BCUT2D eigenvalue weighted by Crippen LogP contribution is 2.57. The van der Waals surface area contributed by atoms with Crippen molar-refractivity contribution in [3.05, 3.63) is 68.5 Å². The topological polar surface area (TPSA) is 85.3 Å². The Morgan fingerprint density at radius 3 is 2.56 bits per heavy atom. The fourth-order valence-electron chi connectivity index (χ4n) is 4.79. The highest BCUT2D eigenvalue weighted by Gasteiger charge is 2.64. The summed E-state index contributed by atoms with van der Waals surface area (Å²) >= 11 is 6.21. The van der Waals surface area contributed by atoms with Crippen LogP contribution in [-0.4, -0.2) is 27.0 Å². The zero-order chi connectivity index (χ0) is 23.6. The van der Waals surface area contributed by atoms with Gasteiger partial charge in [-0.25, -0.2) is 0 Å². The van der Waals surface area contributed by atoms with E-state index in [1.165, 1.54) is 32.0 Å². The Morgan fingerprint density at radius 2 is 1.91 bits per heavy atom. The maximum Gasteiger partial charge on any atom is 0.419 e. The largest absolute Gasteiger partial charge is 0.506 e. The van der Waals surface area contributed by atoms with E-state index in [9.17, 15) is 28.2 Å². The number of fused-ring (bicyclic) bond motifs is 2. The Morgan fingerprint density at radius 1 is 1.22 bits per heavy atom. The molecule has 0 bridgehead atoms. The van der Waals surface area contributed by atoms with Crippen molar-refractivity contribution in [2.24, 2.45) is 0 Å². The van der Waals surface area contributed by atoms with Crippen molar-refractivity contribution >= 4 is 28.2 Å². The van der Waals surface area contributed by atoms with Gasteiger partial charge in [0.2, 0.25) is 5.56 Å². The van der Waals surface area contributed by atoms with Crippen LogP contribution in [-0.2, 0) is 5.41 Å². The maximum absolute atomic E-state index is 14.3. The predicted octanol–water partition coefficient (Wildman–Crippen LogP) is 5.32. The lowest BCUT2D eigenvalue weighted by atomic mass is 9.63. The van der Waals surface area contributed by atoms with E-state index in [0.717, 1.165) is 0 Å². The van der Waals surface area contributed by atoms with Crippen molar-refractivity contribution in [1.29, 1.82) is 0 Å². The highest BCUT2D eigenvalue weighted by atomic mass is 35.5. The molecular formula is C23H22ClF3N2O3. The summed E-state index contributed by atoms with van der Waals surface area (Å²) in [5, 5.41) is 25.3. The van der Waals surface area contributed by atoms with Gasteiger partial charge in [0.15, 0.2) is 5.60 Å². The monoisotopic (exact) mass is 466 g/mol. The Kier molecular flexibility index (Phi) is 5.02. The summed E-state index contributed by atoms with van der Waals surface area (Å²) in [4.78, 5) is 14.3. The van der Waals surface area contributed by atoms with E-state index in [1.807, 2.05) is 0 Å². The molecule has 3 aromatic rings. The van der Waals surface area contributed by atoms with Crippen molar-refractivity contribution in [2.45, 2.75) is 50.4 Å². The van der Waals surface area contributed by atoms with Crippen LogP contribution in [0.1, 0.15) is 43.0 Å². The number of phenols is 1. The number of aromatic hydroxyl groups is 1. The molecule has 1 heterocycles. The molecule has 2 aromatic carbocycles. The van der Waals surface area contributed by atoms with Gasteiger partial charge in [0.05, 0.1) is 16.6 Å². The third-order valence-corrected chi connectivity index (χ3v) is 6.66. The molecule has 0 saturated heterocycles. The minimum atomic E-state index is -4.97. The van der Waals surface area contributed by atoms with Crippen molar-refractivity contribution in [2.75, 3.05) is 5.32 Å². The molecule has 0 aliphatic heterocycles. The molecule has 4 rings (SSSR count). The Bertz CT molecular complexity index is 1290. The van der Waals surface area contributed by atoms with Crippen molar-refractivity contribution in [3.8, 4) is 5.75 Å². The van der Waals surface area contributed by atoms with Crippen LogP contribution in [0.15, 0.2) is 41.2 Å². The molecule has 0 radical (unpaired) electrons. The molecule has 1 aliphatic carbocycles. The van der Waals surface area contributed by atoms with Gasteiger partial charge in [-0.15, -0.1) is 0 Å². The number of H-pyrrole nitrogens is 1. The van der Waals surface area contributed by atoms with Crippen LogP contribution in [0.3, 0.4) is 0 Å². The van der Waals surface area contributed by atoms with Crippen LogP contribution in [0.4, 0.5) is 18.9 Å². The van der Waals surface area contributed by atoms with E-state index in [-0.39, 0.29) is 27.5 Å². The standard InChI is InChI=1S/C23H22ClF3N2O3/c1-11-9-13-17(19(31)18(11)24)21(2,3)10-22(32,23(25,26)27)20(13)29-15-6-4-5-14-12(15)7-8-16(30)28-14/h4-9,20,29,31-32H,10H2,1-3H3,(H,28,30). The van der Waals surface area contributed by atoms with Gasteiger partial charge in [-0.05, 0) is 48.1 Å². The number of halogens is 4. The summed E-state index contributed by atoms with van der Waals surface area (Å²) in [6.45, 7) is 4.65. The number of benzene rings is 2. The molecule has 0 spiro atoms. The van der Waals surface area contributed by atoms with Crippen molar-refractivity contribution < 1.29 is 23.4 Å². The van der Waals surface area contributed by atoms with E-state index in [0.29, 0.717) is 22.2 Å². The predicted molar refractivity (Wildman–Crippen MR) is 117 cm³/mol. The van der Waals surface area contributed by atoms with E-state index >= 15 is 0 Å². The molecule has 0 amide bonds. The number of hydrogen-bond donors (Lipinski definition) is 4. The van der Waals surface area contributed by atoms with Crippen LogP contribution in [0.5, 0.6) is 5.75 Å². The average molecular weight is 467 g/mol. The van der Waals surface area contributed by atoms with Gasteiger partial charge in [0, 0.05) is 22.7 Å². The maximum atomic E-state index is 14.3. The smallest absolute Gasteiger partial charge is 0.419 e. The number of aliphatic hydroxyl groups is 1. The SMILES string of the molecule is Cc1cc2c(c(O)c1Cl)C(C)(C)CC(O)(C(F)(F)F)C2Nc1cccc2[nH]c(=O)ccc12. The number of anilines is 1. The minimum absolute atomic E-state index is 0.0655. The quantitative estimate of drug-likeness (QED) is 0.411. The number of aromatic nitrogens is 1. The summed E-state index contributed by atoms with van der Waals surface area (Å²) in [5.74, 6) is -0.287. The molecule has 2 unspecified atom stereocenters. The first kappa shape index (κ1) is 22.5. The minimum Gasteiger partial charge on any atom is -0.506 e. The summed E-state index contributed by atoms with van der Waals surface area (Å²) in [6.07, 6.45) is -5.66. The summed E-state index contributed by atoms with van der Waals surface area (Å²) < 4.78 is 43.0. The number of pyridine rings is 1. The lowest BCUT2D eigenvalue weighted by Gasteiger charge is -2.49. The second kappa shape index (κ2) is 7.15. The van der Waals surface area contributed by atoms with Gasteiger partial charge < -0.3 is 20.5 Å². The number of alkyl halides is 3. The van der Waals surface area contributed by atoms with Gasteiger partial charge in [-0.2, -0.15) is 13.2 Å². The van der Waals surface area contributed by atoms with Gasteiger partial charge in [-0.1, -0.05) is 37.6 Å². The zero-order valence-electron chi connectivity index (χ0n) is 17.6. The van der Waals surface area contributed by atoms with Gasteiger partial charge in [0.1, 0.15) is 5.75 Å². The summed E-state index contributed by atoms with van der Waals surface area (Å²) in [5.41, 5.74) is -3.21. The van der Waals surface area contributed by atoms with Crippen LogP contribution in [0, 0.1) is 6.92 Å². The molecule has 0 saturated carbocycles. The Hall–Kier alpha value is -2.71. The van der Waals surface area contributed by atoms with E-state index in [2.05, 4.69) is 10.3 Å². The molecule has 170 valence electrons. The lowest BCUT2D eigenvalue weighted by Crippen LogP contribution is -2.58. The van der Waals surface area contributed by atoms with Gasteiger partial charge >= 0.3 is 6.18 Å². The lowest BCUT2D eigenvalue weighted by molar-refractivity contribution is -0.275. The number of aromatic amines is 1. The second-order valence-electron chi connectivity index (χ2n) is 8.97. The summed E-state index contributed by atoms with van der Waals surface area (Å²) in [7, 11) is 0. The third-order valence-electron chi connectivity index (χ3n) is 6.18. The first-order chi connectivity index (χ1) is 14.8. The van der Waals surface area contributed by atoms with Crippen LogP contribution in [0.25, 0.3) is 10.9 Å². The molecular weight excluding hydrogens is 445 g/mol. The van der Waals surface area contributed by atoms with E-state index in [1.54, 1.807) is 25.1 Å². The fourth-order valence-corrected chi connectivity index (χ4v) is 4.94. The highest BCUT2D eigenvalue weighted by molar-refractivity contribution is 6.33. The first-order valence-electron chi connectivity index (χ1n) is 9.96. The third kappa shape index (κ3) is 3.33. The van der Waals surface area contributed by atoms with Crippen LogP contribution < -0.4 is 10.9 Å². The molecule has 1 aromatic heterocycles. The summed E-state index contributed by atoms with van der Waals surface area (Å²) in [6, 6.07) is 7.40. The van der Waals surface area contributed by atoms with Crippen LogP contribution >= 0.6 is 11.6 Å². The zero-order valence-corrected chi connectivity index (χ0v) is 18.3. The number of aryl methyl sites for hydroxylation is 1. The normalized spacial score (nSPS) is 22.6. The van der Waals surface area contributed by atoms with Crippen molar-refractivity contribution in [1.82, 2.24) is 4.98 Å². The van der Waals surface area contributed by atoms with E-state index < -0.39 is 29.7 Å². The van der Waals surface area contributed by atoms with Gasteiger partial charge in [-0.3, -0.25) is 4.79 Å². The molecule has 32 heavy (non-hydrogen) atoms. The number of rotatable bonds is 2. The van der Waals surface area contributed by atoms with E-state index in [4.69, 9.17) is 11.6 Å². The Balaban J connectivity index is 1.99. The molecule has 1 aliphatic rings. The van der Waals surface area contributed by atoms with Crippen LogP contribution in [0.2, 0.25) is 5.02 Å². The average Bonchev–Trinajstić information content (AvgIpc) is 2.67.